The largest absolute Gasteiger partial charge is 0.480 e. The minimum Gasteiger partial charge on any atom is -0.480 e. The van der Waals surface area contributed by atoms with Crippen molar-refractivity contribution in [3.8, 4) is 0 Å². The van der Waals surface area contributed by atoms with Crippen LogP contribution in [0.5, 0.6) is 0 Å². The fourth-order valence-electron chi connectivity index (χ4n) is 1.42. The highest BCUT2D eigenvalue weighted by atomic mass is 16.6. The lowest BCUT2D eigenvalue weighted by Crippen LogP contribution is -2.31. The van der Waals surface area contributed by atoms with Gasteiger partial charge in [0.05, 0.1) is 10.6 Å². The van der Waals surface area contributed by atoms with Crippen LogP contribution in [0.2, 0.25) is 0 Å². The number of allylic oxidation sites excluding steroid dienone is 1. The third kappa shape index (κ3) is 1.95. The molecule has 1 N–H and O–H groups in total. The first kappa shape index (κ1) is 9.50. The second-order valence-corrected chi connectivity index (χ2v) is 2.91. The van der Waals surface area contributed by atoms with Crippen LogP contribution in [0.3, 0.4) is 0 Å². The molecule has 0 saturated carbocycles. The number of carboxylic acid groups (broad SMARTS) is 1. The van der Waals surface area contributed by atoms with Crippen LogP contribution >= 0.6 is 0 Å². The Balaban J connectivity index is 2.76. The fraction of sp³-hybridized carbons (Fsp3) is 0.571. The second-order valence-electron chi connectivity index (χ2n) is 2.91. The van der Waals surface area contributed by atoms with Crippen LogP contribution in [-0.2, 0) is 4.79 Å². The Hall–Kier alpha value is -1.59. The van der Waals surface area contributed by atoms with E-state index in [1.54, 1.807) is 7.05 Å². The van der Waals surface area contributed by atoms with E-state index in [1.807, 2.05) is 0 Å². The third-order valence-electron chi connectivity index (χ3n) is 2.13. The number of carbonyl (C=O) groups is 1. The van der Waals surface area contributed by atoms with E-state index in [-0.39, 0.29) is 0 Å². The molecule has 1 heterocycles. The Bertz CT molecular complexity index is 274. The van der Waals surface area contributed by atoms with Crippen molar-refractivity contribution in [3.05, 3.63) is 22.0 Å². The summed E-state index contributed by atoms with van der Waals surface area (Å²) < 4.78 is 0. The van der Waals surface area contributed by atoms with Gasteiger partial charge in [-0.1, -0.05) is 0 Å². The standard InChI is InChI=1S/C7H10N2O4/c1-8-5(4-9(12)13)2-3-6(8)7(10)11/h4,6H,2-3H2,1H3,(H,10,11)/b5-4+. The van der Waals surface area contributed by atoms with Gasteiger partial charge in [0.15, 0.2) is 0 Å². The normalized spacial score (nSPS) is 25.2. The quantitative estimate of drug-likeness (QED) is 0.494. The zero-order chi connectivity index (χ0) is 10.0. The van der Waals surface area contributed by atoms with Crippen LogP contribution in [0, 0.1) is 10.1 Å². The van der Waals surface area contributed by atoms with Crippen molar-refractivity contribution in [2.45, 2.75) is 18.9 Å². The molecule has 0 spiro atoms. The molecule has 0 bridgehead atoms. The highest BCUT2D eigenvalue weighted by Crippen LogP contribution is 2.25. The number of likely N-dealkylation sites (N-methyl/N-ethyl adjacent to an activating group) is 1. The molecule has 0 aromatic rings. The number of hydrogen-bond acceptors (Lipinski definition) is 4. The molecule has 0 radical (unpaired) electrons. The number of rotatable bonds is 2. The molecular weight excluding hydrogens is 176 g/mol. The summed E-state index contributed by atoms with van der Waals surface area (Å²) in [5.41, 5.74) is 0.470. The van der Waals surface area contributed by atoms with Crippen LogP contribution in [0.15, 0.2) is 11.9 Å². The lowest BCUT2D eigenvalue weighted by Gasteiger charge is -2.17. The van der Waals surface area contributed by atoms with Crippen LogP contribution in [-0.4, -0.2) is 34.0 Å². The monoisotopic (exact) mass is 186 g/mol. The van der Waals surface area contributed by atoms with Crippen LogP contribution in [0.1, 0.15) is 12.8 Å². The van der Waals surface area contributed by atoms with E-state index < -0.39 is 16.9 Å². The fourth-order valence-corrected chi connectivity index (χ4v) is 1.42. The van der Waals surface area contributed by atoms with Gasteiger partial charge >= 0.3 is 5.97 Å². The van der Waals surface area contributed by atoms with Gasteiger partial charge in [-0.3, -0.25) is 10.1 Å². The maximum absolute atomic E-state index is 10.6. The molecule has 1 fully saturated rings. The molecule has 1 aliphatic rings. The molecule has 1 aliphatic heterocycles. The Morgan fingerprint density at radius 3 is 2.85 bits per heavy atom. The van der Waals surface area contributed by atoms with E-state index in [1.165, 1.54) is 4.90 Å². The van der Waals surface area contributed by atoms with Crippen molar-refractivity contribution in [2.75, 3.05) is 7.05 Å². The SMILES string of the molecule is CN1/C(=C/[N+](=O)[O-])CCC1C(=O)O. The third-order valence-corrected chi connectivity index (χ3v) is 2.13. The average molecular weight is 186 g/mol. The molecule has 6 nitrogen and oxygen atoms in total. The van der Waals surface area contributed by atoms with E-state index in [2.05, 4.69) is 0 Å². The number of carboxylic acids is 1. The van der Waals surface area contributed by atoms with Gasteiger partial charge < -0.3 is 10.0 Å². The first-order valence-corrected chi connectivity index (χ1v) is 3.82. The Labute approximate surface area is 74.6 Å². The van der Waals surface area contributed by atoms with Crippen molar-refractivity contribution in [3.63, 3.8) is 0 Å². The van der Waals surface area contributed by atoms with Crippen molar-refractivity contribution in [1.82, 2.24) is 4.90 Å². The van der Waals surface area contributed by atoms with Crippen molar-refractivity contribution >= 4 is 5.97 Å². The van der Waals surface area contributed by atoms with Crippen LogP contribution in [0.25, 0.3) is 0 Å². The molecule has 6 heteroatoms. The summed E-state index contributed by atoms with van der Waals surface area (Å²) in [4.78, 5) is 21.6. The number of hydrogen-bond donors (Lipinski definition) is 1. The van der Waals surface area contributed by atoms with Crippen molar-refractivity contribution < 1.29 is 14.8 Å². The van der Waals surface area contributed by atoms with Crippen LogP contribution in [0.4, 0.5) is 0 Å². The minimum absolute atomic E-state index is 0.436. The molecule has 13 heavy (non-hydrogen) atoms. The van der Waals surface area contributed by atoms with E-state index in [9.17, 15) is 14.9 Å². The first-order chi connectivity index (χ1) is 6.02. The highest BCUT2D eigenvalue weighted by molar-refractivity contribution is 5.74. The summed E-state index contributed by atoms with van der Waals surface area (Å²) >= 11 is 0. The molecule has 1 rings (SSSR count). The topological polar surface area (TPSA) is 83.7 Å². The van der Waals surface area contributed by atoms with E-state index in [0.29, 0.717) is 18.5 Å². The summed E-state index contributed by atoms with van der Waals surface area (Å²) in [6.07, 6.45) is 1.75. The van der Waals surface area contributed by atoms with Gasteiger partial charge in [0, 0.05) is 7.05 Å². The number of aliphatic carboxylic acids is 1. The maximum Gasteiger partial charge on any atom is 0.326 e. The Kier molecular flexibility index (Phi) is 2.50. The van der Waals surface area contributed by atoms with E-state index in [0.717, 1.165) is 6.20 Å². The lowest BCUT2D eigenvalue weighted by molar-refractivity contribution is -0.404. The predicted octanol–water partition coefficient (Wildman–Crippen LogP) is 0.283. The lowest BCUT2D eigenvalue weighted by atomic mass is 10.2. The molecule has 0 amide bonds. The van der Waals surface area contributed by atoms with Gasteiger partial charge in [-0.2, -0.15) is 0 Å². The summed E-state index contributed by atoms with van der Waals surface area (Å²) in [7, 11) is 1.56. The molecule has 0 aromatic carbocycles. The zero-order valence-corrected chi connectivity index (χ0v) is 7.14. The summed E-state index contributed by atoms with van der Waals surface area (Å²) in [6, 6.07) is -0.619. The minimum atomic E-state index is -0.936. The van der Waals surface area contributed by atoms with Gasteiger partial charge in [0.1, 0.15) is 6.04 Å². The average Bonchev–Trinajstić information content (AvgIpc) is 2.32. The van der Waals surface area contributed by atoms with E-state index in [4.69, 9.17) is 5.11 Å². The zero-order valence-electron chi connectivity index (χ0n) is 7.14. The molecule has 72 valence electrons. The second kappa shape index (κ2) is 3.42. The van der Waals surface area contributed by atoms with Crippen LogP contribution < -0.4 is 0 Å². The summed E-state index contributed by atoms with van der Waals surface area (Å²) in [5, 5.41) is 18.8. The molecule has 0 aromatic heterocycles. The molecular formula is C7H10N2O4. The Morgan fingerprint density at radius 1 is 1.85 bits per heavy atom. The molecule has 0 aliphatic carbocycles. The maximum atomic E-state index is 10.6. The number of nitro groups is 1. The van der Waals surface area contributed by atoms with Gasteiger partial charge in [0.2, 0.25) is 0 Å². The number of likely N-dealkylation sites (tertiary alicyclic amines) is 1. The number of nitrogens with zero attached hydrogens (tertiary/aromatic N) is 2. The van der Waals surface area contributed by atoms with E-state index >= 15 is 0 Å². The van der Waals surface area contributed by atoms with Gasteiger partial charge in [-0.15, -0.1) is 0 Å². The summed E-state index contributed by atoms with van der Waals surface area (Å²) in [5.74, 6) is -0.936. The Morgan fingerprint density at radius 2 is 2.46 bits per heavy atom. The smallest absolute Gasteiger partial charge is 0.326 e. The highest BCUT2D eigenvalue weighted by Gasteiger charge is 2.32. The van der Waals surface area contributed by atoms with Crippen molar-refractivity contribution in [1.29, 1.82) is 0 Å². The summed E-state index contributed by atoms with van der Waals surface area (Å²) in [6.45, 7) is 0. The molecule has 1 unspecified atom stereocenters. The molecule has 1 saturated heterocycles. The first-order valence-electron chi connectivity index (χ1n) is 3.82. The van der Waals surface area contributed by atoms with Gasteiger partial charge in [-0.25, -0.2) is 4.79 Å². The predicted molar refractivity (Wildman–Crippen MR) is 43.5 cm³/mol. The van der Waals surface area contributed by atoms with Crippen molar-refractivity contribution in [2.24, 2.45) is 0 Å². The van der Waals surface area contributed by atoms with Gasteiger partial charge in [0.25, 0.3) is 6.20 Å². The van der Waals surface area contributed by atoms with Gasteiger partial charge in [-0.05, 0) is 12.8 Å². The molecule has 1 atom stereocenters.